The highest BCUT2D eigenvalue weighted by Gasteiger charge is 2.28. The smallest absolute Gasteiger partial charge is 0.263 e. The molecule has 0 radical (unpaired) electrons. The Balaban J connectivity index is 1.32. The second kappa shape index (κ2) is 8.47. The first-order valence-corrected chi connectivity index (χ1v) is 11.3. The molecular formula is C23H23N5O2S. The van der Waals surface area contributed by atoms with Gasteiger partial charge in [0.25, 0.3) is 5.71 Å². The third-order valence-corrected chi connectivity index (χ3v) is 6.64. The molecule has 1 aromatic carbocycles. The number of benzene rings is 1. The molecule has 158 valence electrons. The predicted molar refractivity (Wildman–Crippen MR) is 121 cm³/mol. The van der Waals surface area contributed by atoms with Crippen LogP contribution in [0.1, 0.15) is 23.3 Å². The third-order valence-electron chi connectivity index (χ3n) is 5.76. The van der Waals surface area contributed by atoms with Gasteiger partial charge in [0.1, 0.15) is 23.2 Å². The van der Waals surface area contributed by atoms with Crippen molar-refractivity contribution in [1.29, 1.82) is 0 Å². The van der Waals surface area contributed by atoms with E-state index in [-0.39, 0.29) is 11.8 Å². The van der Waals surface area contributed by atoms with Crippen molar-refractivity contribution >= 4 is 34.2 Å². The van der Waals surface area contributed by atoms with Gasteiger partial charge in [-0.2, -0.15) is 4.98 Å². The van der Waals surface area contributed by atoms with Crippen LogP contribution in [0.5, 0.6) is 0 Å². The van der Waals surface area contributed by atoms with E-state index in [1.54, 1.807) is 11.3 Å². The lowest BCUT2D eigenvalue weighted by Crippen LogP contribution is -2.40. The number of fused-ring (bicyclic) bond motifs is 1. The quantitative estimate of drug-likeness (QED) is 0.508. The van der Waals surface area contributed by atoms with E-state index in [1.807, 2.05) is 29.6 Å². The normalized spacial score (nSPS) is 14.8. The highest BCUT2D eigenvalue weighted by Crippen LogP contribution is 2.34. The number of amides is 1. The number of nitrogens with one attached hydrogen (secondary N) is 1. The topological polar surface area (TPSA) is 84.2 Å². The van der Waals surface area contributed by atoms with Crippen LogP contribution < -0.4 is 10.2 Å². The van der Waals surface area contributed by atoms with E-state index in [0.717, 1.165) is 48.4 Å². The molecule has 0 bridgehead atoms. The Morgan fingerprint density at radius 3 is 2.74 bits per heavy atom. The first-order chi connectivity index (χ1) is 15.2. The molecule has 0 aliphatic carbocycles. The Kier molecular flexibility index (Phi) is 5.38. The van der Waals surface area contributed by atoms with E-state index >= 15 is 0 Å². The van der Waals surface area contributed by atoms with Gasteiger partial charge in [-0.25, -0.2) is 4.98 Å². The molecule has 3 aromatic heterocycles. The standard InChI is InChI=1S/C23H23N5O2S/c1-15-4-6-16(7-5-15)20-19-21(25-14-26-23(19)30-27-20)28-10-8-17(9-11-28)22(29)24-13-18-3-2-12-31-18/h2-7,12,14,17H,8-11,13H2,1H3,(H,24,29). The van der Waals surface area contributed by atoms with Crippen LogP contribution in [0.25, 0.3) is 22.4 Å². The number of aromatic nitrogens is 3. The van der Waals surface area contributed by atoms with Crippen molar-refractivity contribution in [3.05, 3.63) is 58.5 Å². The van der Waals surface area contributed by atoms with Gasteiger partial charge in [-0.3, -0.25) is 4.79 Å². The molecule has 0 atom stereocenters. The minimum Gasteiger partial charge on any atom is -0.356 e. The Hall–Kier alpha value is -3.26. The van der Waals surface area contributed by atoms with Gasteiger partial charge in [-0.05, 0) is 31.2 Å². The van der Waals surface area contributed by atoms with Crippen molar-refractivity contribution in [3.8, 4) is 11.3 Å². The molecule has 1 amide bonds. The number of thiophene rings is 1. The molecule has 1 N–H and O–H groups in total. The maximum atomic E-state index is 12.6. The number of anilines is 1. The van der Waals surface area contributed by atoms with Crippen molar-refractivity contribution in [1.82, 2.24) is 20.4 Å². The van der Waals surface area contributed by atoms with Gasteiger partial charge in [-0.15, -0.1) is 11.3 Å². The van der Waals surface area contributed by atoms with Crippen LogP contribution in [-0.2, 0) is 11.3 Å². The number of hydrogen-bond donors (Lipinski definition) is 1. The lowest BCUT2D eigenvalue weighted by molar-refractivity contribution is -0.125. The molecule has 4 aromatic rings. The minimum absolute atomic E-state index is 0.0209. The van der Waals surface area contributed by atoms with E-state index < -0.39 is 0 Å². The van der Waals surface area contributed by atoms with Crippen LogP contribution in [0.15, 0.2) is 52.6 Å². The summed E-state index contributed by atoms with van der Waals surface area (Å²) in [5.41, 5.74) is 3.40. The van der Waals surface area contributed by atoms with Gasteiger partial charge in [0.15, 0.2) is 0 Å². The average molecular weight is 434 g/mol. The lowest BCUT2D eigenvalue weighted by Gasteiger charge is -2.32. The van der Waals surface area contributed by atoms with Crippen LogP contribution >= 0.6 is 11.3 Å². The molecule has 31 heavy (non-hydrogen) atoms. The summed E-state index contributed by atoms with van der Waals surface area (Å²) >= 11 is 1.66. The van der Waals surface area contributed by atoms with Crippen LogP contribution in [0, 0.1) is 12.8 Å². The molecule has 5 rings (SSSR count). The van der Waals surface area contributed by atoms with Crippen LogP contribution in [0.4, 0.5) is 5.82 Å². The zero-order valence-electron chi connectivity index (χ0n) is 17.2. The predicted octanol–water partition coefficient (Wildman–Crippen LogP) is 4.19. The molecule has 8 heteroatoms. The Morgan fingerprint density at radius 1 is 1.19 bits per heavy atom. The van der Waals surface area contributed by atoms with Gasteiger partial charge in [-0.1, -0.05) is 41.1 Å². The number of hydrogen-bond acceptors (Lipinski definition) is 7. The molecule has 0 unspecified atom stereocenters. The largest absolute Gasteiger partial charge is 0.356 e. The van der Waals surface area contributed by atoms with Crippen molar-refractivity contribution in [2.45, 2.75) is 26.3 Å². The zero-order valence-corrected chi connectivity index (χ0v) is 18.1. The van der Waals surface area contributed by atoms with E-state index in [2.05, 4.69) is 44.4 Å². The minimum atomic E-state index is 0.0209. The Labute approximate surface area is 184 Å². The van der Waals surface area contributed by atoms with Gasteiger partial charge in [0, 0.05) is 29.4 Å². The van der Waals surface area contributed by atoms with Crippen LogP contribution in [0.3, 0.4) is 0 Å². The monoisotopic (exact) mass is 433 g/mol. The van der Waals surface area contributed by atoms with Crippen molar-refractivity contribution in [2.75, 3.05) is 18.0 Å². The summed E-state index contributed by atoms with van der Waals surface area (Å²) in [5.74, 6) is 0.970. The fourth-order valence-corrected chi connectivity index (χ4v) is 4.65. The summed E-state index contributed by atoms with van der Waals surface area (Å²) in [6.07, 6.45) is 3.08. The number of piperidine rings is 1. The lowest BCUT2D eigenvalue weighted by atomic mass is 9.95. The van der Waals surface area contributed by atoms with Gasteiger partial charge in [0.05, 0.1) is 6.54 Å². The molecular weight excluding hydrogens is 410 g/mol. The summed E-state index contributed by atoms with van der Waals surface area (Å²) < 4.78 is 5.50. The zero-order chi connectivity index (χ0) is 21.2. The summed E-state index contributed by atoms with van der Waals surface area (Å²) in [6.45, 7) is 4.16. The van der Waals surface area contributed by atoms with Crippen molar-refractivity contribution < 1.29 is 9.32 Å². The van der Waals surface area contributed by atoms with Crippen LogP contribution in [-0.4, -0.2) is 34.1 Å². The van der Waals surface area contributed by atoms with Gasteiger partial charge in [0.2, 0.25) is 5.91 Å². The van der Waals surface area contributed by atoms with Gasteiger partial charge >= 0.3 is 0 Å². The maximum Gasteiger partial charge on any atom is 0.263 e. The third kappa shape index (κ3) is 4.03. The van der Waals surface area contributed by atoms with Gasteiger partial charge < -0.3 is 14.7 Å². The maximum absolute atomic E-state index is 12.6. The summed E-state index contributed by atoms with van der Waals surface area (Å²) in [7, 11) is 0. The summed E-state index contributed by atoms with van der Waals surface area (Å²) in [5, 5.41) is 10.2. The molecule has 0 spiro atoms. The number of carbonyl (C=O) groups excluding carboxylic acids is 1. The summed E-state index contributed by atoms with van der Waals surface area (Å²) in [4.78, 5) is 24.8. The SMILES string of the molecule is Cc1ccc(-c2noc3ncnc(N4CCC(C(=O)NCc5cccs5)CC4)c23)cc1. The molecule has 1 aliphatic heterocycles. The highest BCUT2D eigenvalue weighted by atomic mass is 32.1. The second-order valence-corrected chi connectivity index (χ2v) is 8.87. The fourth-order valence-electron chi connectivity index (χ4n) is 4.01. The molecule has 7 nitrogen and oxygen atoms in total. The number of carbonyl (C=O) groups is 1. The molecule has 1 aliphatic rings. The Morgan fingerprint density at radius 2 is 2.00 bits per heavy atom. The first kappa shape index (κ1) is 19.7. The van der Waals surface area contributed by atoms with Crippen molar-refractivity contribution in [3.63, 3.8) is 0 Å². The van der Waals surface area contributed by atoms with Crippen molar-refractivity contribution in [2.24, 2.45) is 5.92 Å². The number of aryl methyl sites for hydroxylation is 1. The summed E-state index contributed by atoms with van der Waals surface area (Å²) in [6, 6.07) is 12.2. The molecule has 4 heterocycles. The highest BCUT2D eigenvalue weighted by molar-refractivity contribution is 7.09. The van der Waals surface area contributed by atoms with E-state index in [0.29, 0.717) is 12.3 Å². The number of nitrogens with zero attached hydrogens (tertiary/aromatic N) is 4. The fraction of sp³-hybridized carbons (Fsp3) is 0.304. The van der Waals surface area contributed by atoms with E-state index in [1.165, 1.54) is 16.8 Å². The number of rotatable bonds is 5. The second-order valence-electron chi connectivity index (χ2n) is 7.83. The average Bonchev–Trinajstić information content (AvgIpc) is 3.48. The van der Waals surface area contributed by atoms with E-state index in [9.17, 15) is 4.79 Å². The first-order valence-electron chi connectivity index (χ1n) is 10.4. The molecule has 0 saturated carbocycles. The van der Waals surface area contributed by atoms with Crippen LogP contribution in [0.2, 0.25) is 0 Å². The van der Waals surface area contributed by atoms with E-state index in [4.69, 9.17) is 4.52 Å². The molecule has 1 fully saturated rings. The Bertz CT molecular complexity index is 1180. The molecule has 1 saturated heterocycles.